The Morgan fingerprint density at radius 3 is 2.59 bits per heavy atom. The van der Waals surface area contributed by atoms with Crippen molar-refractivity contribution in [3.63, 3.8) is 0 Å². The molecule has 0 bridgehead atoms. The Hall–Kier alpha value is -1.78. The van der Waals surface area contributed by atoms with Crippen LogP contribution in [0.2, 0.25) is 0 Å². The first-order valence-electron chi connectivity index (χ1n) is 6.83. The minimum Gasteiger partial charge on any atom is -0.491 e. The summed E-state index contributed by atoms with van der Waals surface area (Å²) in [7, 11) is 0. The molecule has 7 heteroatoms. The first-order chi connectivity index (χ1) is 10.2. The van der Waals surface area contributed by atoms with Gasteiger partial charge in [0.1, 0.15) is 18.5 Å². The highest BCUT2D eigenvalue weighted by Gasteiger charge is 2.30. The van der Waals surface area contributed by atoms with Crippen LogP contribution < -0.4 is 4.74 Å². The number of rotatable bonds is 7. The number of alkyl halides is 3. The van der Waals surface area contributed by atoms with E-state index in [1.165, 1.54) is 12.1 Å². The summed E-state index contributed by atoms with van der Waals surface area (Å²) < 4.78 is 42.9. The van der Waals surface area contributed by atoms with Crippen LogP contribution in [0.1, 0.15) is 19.4 Å². The monoisotopic (exact) mass is 316 g/mol. The Labute approximate surface area is 127 Å². The predicted molar refractivity (Wildman–Crippen MR) is 75.3 cm³/mol. The van der Waals surface area contributed by atoms with Crippen molar-refractivity contribution in [1.82, 2.24) is 4.90 Å². The molecule has 1 N–H and O–H groups in total. The van der Waals surface area contributed by atoms with Crippen molar-refractivity contribution in [2.45, 2.75) is 32.2 Å². The van der Waals surface area contributed by atoms with Gasteiger partial charge in [-0.15, -0.1) is 0 Å². The molecule has 0 aliphatic heterocycles. The van der Waals surface area contributed by atoms with E-state index in [-0.39, 0.29) is 31.5 Å². The SMILES string of the molecule is CC(C)N(CC#N)CC(O)COc1cccc(C(F)(F)F)c1. The van der Waals surface area contributed by atoms with E-state index in [9.17, 15) is 18.3 Å². The van der Waals surface area contributed by atoms with Gasteiger partial charge < -0.3 is 9.84 Å². The van der Waals surface area contributed by atoms with E-state index in [0.717, 1.165) is 12.1 Å². The van der Waals surface area contributed by atoms with E-state index in [1.54, 1.807) is 4.90 Å². The molecule has 0 amide bonds. The second-order valence-electron chi connectivity index (χ2n) is 5.17. The van der Waals surface area contributed by atoms with Crippen LogP contribution in [0.15, 0.2) is 24.3 Å². The smallest absolute Gasteiger partial charge is 0.416 e. The zero-order chi connectivity index (χ0) is 16.8. The summed E-state index contributed by atoms with van der Waals surface area (Å²) in [4.78, 5) is 1.75. The van der Waals surface area contributed by atoms with Gasteiger partial charge in [-0.05, 0) is 32.0 Å². The fraction of sp³-hybridized carbons (Fsp3) is 0.533. The second-order valence-corrected chi connectivity index (χ2v) is 5.17. The number of nitriles is 1. The molecule has 1 atom stereocenters. The van der Waals surface area contributed by atoms with E-state index in [2.05, 4.69) is 0 Å². The molecule has 122 valence electrons. The molecule has 1 unspecified atom stereocenters. The van der Waals surface area contributed by atoms with E-state index < -0.39 is 17.8 Å². The summed E-state index contributed by atoms with van der Waals surface area (Å²) in [6.45, 7) is 4.01. The first kappa shape index (κ1) is 18.3. The normalized spacial score (nSPS) is 13.2. The lowest BCUT2D eigenvalue weighted by molar-refractivity contribution is -0.137. The molecule has 4 nitrogen and oxygen atoms in total. The second kappa shape index (κ2) is 8.01. The Balaban J connectivity index is 2.57. The van der Waals surface area contributed by atoms with Crippen LogP contribution in [0, 0.1) is 11.3 Å². The molecule has 22 heavy (non-hydrogen) atoms. The Kier molecular flexibility index (Phi) is 6.65. The number of aliphatic hydroxyl groups is 1. The maximum atomic E-state index is 12.6. The van der Waals surface area contributed by atoms with Gasteiger partial charge in [0.15, 0.2) is 0 Å². The van der Waals surface area contributed by atoms with Crippen LogP contribution in [0.4, 0.5) is 13.2 Å². The molecule has 0 aliphatic carbocycles. The van der Waals surface area contributed by atoms with Gasteiger partial charge in [0, 0.05) is 12.6 Å². The molecule has 1 rings (SSSR count). The Bertz CT molecular complexity index is 512. The van der Waals surface area contributed by atoms with Gasteiger partial charge in [-0.25, -0.2) is 0 Å². The summed E-state index contributed by atoms with van der Waals surface area (Å²) in [5.41, 5.74) is -0.798. The average molecular weight is 316 g/mol. The lowest BCUT2D eigenvalue weighted by Crippen LogP contribution is -2.40. The molecule has 0 saturated heterocycles. The van der Waals surface area contributed by atoms with Crippen LogP contribution >= 0.6 is 0 Å². The van der Waals surface area contributed by atoms with Crippen LogP contribution in [0.3, 0.4) is 0 Å². The standard InChI is InChI=1S/C15H19F3N2O2/c1-11(2)20(7-6-19)9-13(21)10-22-14-5-3-4-12(8-14)15(16,17)18/h3-5,8,11,13,21H,7,9-10H2,1-2H3. The van der Waals surface area contributed by atoms with Crippen LogP contribution in [-0.2, 0) is 6.18 Å². The molecule has 0 aliphatic rings. The summed E-state index contributed by atoms with van der Waals surface area (Å²) in [6, 6.07) is 6.57. The maximum Gasteiger partial charge on any atom is 0.416 e. The predicted octanol–water partition coefficient (Wildman–Crippen LogP) is 2.68. The third-order valence-electron chi connectivity index (χ3n) is 3.05. The van der Waals surface area contributed by atoms with Crippen molar-refractivity contribution >= 4 is 0 Å². The number of aliphatic hydroxyl groups excluding tert-OH is 1. The van der Waals surface area contributed by atoms with Gasteiger partial charge in [0.25, 0.3) is 0 Å². The molecule has 0 aromatic heterocycles. The van der Waals surface area contributed by atoms with Gasteiger partial charge in [0.05, 0.1) is 18.2 Å². The van der Waals surface area contributed by atoms with Crippen LogP contribution in [0.5, 0.6) is 5.75 Å². The summed E-state index contributed by atoms with van der Waals surface area (Å²) >= 11 is 0. The first-order valence-corrected chi connectivity index (χ1v) is 6.83. The molecule has 1 aromatic rings. The number of ether oxygens (including phenoxy) is 1. The largest absolute Gasteiger partial charge is 0.491 e. The number of hydrogen-bond acceptors (Lipinski definition) is 4. The maximum absolute atomic E-state index is 12.6. The zero-order valence-corrected chi connectivity index (χ0v) is 12.5. The van der Waals surface area contributed by atoms with Gasteiger partial charge in [0.2, 0.25) is 0 Å². The molecule has 1 aromatic carbocycles. The van der Waals surface area contributed by atoms with Crippen molar-refractivity contribution in [2.75, 3.05) is 19.7 Å². The minimum atomic E-state index is -4.43. The van der Waals surface area contributed by atoms with Gasteiger partial charge in [-0.1, -0.05) is 6.07 Å². The van der Waals surface area contributed by atoms with E-state index in [1.807, 2.05) is 19.9 Å². The minimum absolute atomic E-state index is 0.0465. The molecular weight excluding hydrogens is 297 g/mol. The average Bonchev–Trinajstić information content (AvgIpc) is 2.44. The van der Waals surface area contributed by atoms with E-state index in [4.69, 9.17) is 10.00 Å². The number of nitrogens with zero attached hydrogens (tertiary/aromatic N) is 2. The van der Waals surface area contributed by atoms with Gasteiger partial charge >= 0.3 is 6.18 Å². The highest BCUT2D eigenvalue weighted by molar-refractivity contribution is 5.30. The highest BCUT2D eigenvalue weighted by Crippen LogP contribution is 2.31. The van der Waals surface area contributed by atoms with Crippen molar-refractivity contribution in [2.24, 2.45) is 0 Å². The van der Waals surface area contributed by atoms with Crippen LogP contribution in [0.25, 0.3) is 0 Å². The fourth-order valence-corrected chi connectivity index (χ4v) is 1.83. The van der Waals surface area contributed by atoms with E-state index >= 15 is 0 Å². The third-order valence-corrected chi connectivity index (χ3v) is 3.05. The molecule has 0 spiro atoms. The van der Waals surface area contributed by atoms with Crippen molar-refractivity contribution in [3.8, 4) is 11.8 Å². The Morgan fingerprint density at radius 1 is 1.36 bits per heavy atom. The molecule has 0 saturated carbocycles. The Morgan fingerprint density at radius 2 is 2.05 bits per heavy atom. The summed E-state index contributed by atoms with van der Waals surface area (Å²) in [5.74, 6) is 0.0465. The quantitative estimate of drug-likeness (QED) is 0.786. The lowest BCUT2D eigenvalue weighted by atomic mass is 10.2. The number of halogens is 3. The zero-order valence-electron chi connectivity index (χ0n) is 12.5. The van der Waals surface area contributed by atoms with Crippen molar-refractivity contribution in [1.29, 1.82) is 5.26 Å². The number of hydrogen-bond donors (Lipinski definition) is 1. The molecule has 0 heterocycles. The third kappa shape index (κ3) is 5.92. The lowest BCUT2D eigenvalue weighted by Gasteiger charge is -2.26. The molecular formula is C15H19F3N2O2. The van der Waals surface area contributed by atoms with Crippen molar-refractivity contribution in [3.05, 3.63) is 29.8 Å². The fourth-order valence-electron chi connectivity index (χ4n) is 1.83. The highest BCUT2D eigenvalue weighted by atomic mass is 19.4. The topological polar surface area (TPSA) is 56.5 Å². The summed E-state index contributed by atoms with van der Waals surface area (Å²) in [6.07, 6.45) is -5.33. The molecule has 0 fully saturated rings. The van der Waals surface area contributed by atoms with Crippen LogP contribution in [-0.4, -0.2) is 41.8 Å². The molecule has 0 radical (unpaired) electrons. The van der Waals surface area contributed by atoms with Gasteiger partial charge in [-0.3, -0.25) is 4.90 Å². The van der Waals surface area contributed by atoms with Gasteiger partial charge in [-0.2, -0.15) is 18.4 Å². The number of benzene rings is 1. The van der Waals surface area contributed by atoms with E-state index in [0.29, 0.717) is 0 Å². The summed E-state index contributed by atoms with van der Waals surface area (Å²) in [5, 5.41) is 18.6. The van der Waals surface area contributed by atoms with Crippen molar-refractivity contribution < 1.29 is 23.0 Å².